The normalized spacial score (nSPS) is 29.0. The van der Waals surface area contributed by atoms with Gasteiger partial charge in [-0.15, -0.1) is 0 Å². The fraction of sp³-hybridized carbons (Fsp3) is 0.714. The highest BCUT2D eigenvalue weighted by molar-refractivity contribution is 4.95. The maximum atomic E-state index is 2.45. The Balaban J connectivity index is 2.21. The summed E-state index contributed by atoms with van der Waals surface area (Å²) in [7, 11) is 0. The lowest BCUT2D eigenvalue weighted by molar-refractivity contribution is 0.356. The van der Waals surface area contributed by atoms with Crippen molar-refractivity contribution in [2.24, 2.45) is 11.8 Å². The van der Waals surface area contributed by atoms with Crippen LogP contribution in [0.25, 0.3) is 0 Å². The molecule has 0 aromatic rings. The lowest BCUT2D eigenvalue weighted by atomic mass is 9.81. The Morgan fingerprint density at radius 3 is 2.07 bits per heavy atom. The average molecular weight is 192 g/mol. The van der Waals surface area contributed by atoms with Gasteiger partial charge < -0.3 is 0 Å². The van der Waals surface area contributed by atoms with E-state index >= 15 is 0 Å². The number of hydrogen-bond donors (Lipinski definition) is 0. The smallest absolute Gasteiger partial charge is 0.0233 e. The number of hydrogen-bond acceptors (Lipinski definition) is 0. The van der Waals surface area contributed by atoms with Gasteiger partial charge in [0.2, 0.25) is 0 Å². The Kier molecular flexibility index (Phi) is 5.66. The molecule has 0 heteroatoms. The first-order valence-electron chi connectivity index (χ1n) is 6.16. The molecule has 0 saturated heterocycles. The molecule has 0 amide bonds. The maximum Gasteiger partial charge on any atom is -0.0233 e. The van der Waals surface area contributed by atoms with Gasteiger partial charge in [-0.05, 0) is 50.9 Å². The Morgan fingerprint density at radius 2 is 1.57 bits per heavy atom. The highest BCUT2D eigenvalue weighted by Crippen LogP contribution is 2.30. The third-order valence-electron chi connectivity index (χ3n) is 3.14. The minimum atomic E-state index is 0.871. The van der Waals surface area contributed by atoms with Crippen molar-refractivity contribution in [3.8, 4) is 0 Å². The molecule has 0 N–H and O–H groups in total. The molecule has 0 aliphatic heterocycles. The Bertz CT molecular complexity index is 180. The second-order valence-corrected chi connectivity index (χ2v) is 4.42. The van der Waals surface area contributed by atoms with Crippen molar-refractivity contribution in [2.75, 3.05) is 0 Å². The van der Waals surface area contributed by atoms with Gasteiger partial charge in [-0.25, -0.2) is 0 Å². The lowest BCUT2D eigenvalue weighted by Gasteiger charge is -2.24. The van der Waals surface area contributed by atoms with Gasteiger partial charge in [-0.3, -0.25) is 0 Å². The molecule has 0 bridgehead atoms. The van der Waals surface area contributed by atoms with Crippen LogP contribution in [0.15, 0.2) is 24.3 Å². The molecule has 0 nitrogen and oxygen atoms in total. The summed E-state index contributed by atoms with van der Waals surface area (Å²) in [5.74, 6) is 1.75. The zero-order chi connectivity index (χ0) is 10.2. The first-order valence-corrected chi connectivity index (χ1v) is 6.16. The SMILES string of the molecule is CC=CC1CCC(C=CCCC)CC1. The molecule has 1 rings (SSSR count). The molecule has 0 radical (unpaired) electrons. The third kappa shape index (κ3) is 4.13. The standard InChI is InChI=1S/C14H24/c1-3-5-6-8-14-11-9-13(7-4-2)10-12-14/h4,6-8,13-14H,3,5,9-12H2,1-2H3. The van der Waals surface area contributed by atoms with Gasteiger partial charge in [0.15, 0.2) is 0 Å². The van der Waals surface area contributed by atoms with Crippen molar-refractivity contribution in [1.82, 2.24) is 0 Å². The summed E-state index contributed by atoms with van der Waals surface area (Å²) >= 11 is 0. The molecule has 0 unspecified atom stereocenters. The molecule has 1 fully saturated rings. The van der Waals surface area contributed by atoms with Crippen LogP contribution in [0.2, 0.25) is 0 Å². The Hall–Kier alpha value is -0.520. The van der Waals surface area contributed by atoms with Crippen molar-refractivity contribution in [2.45, 2.75) is 52.4 Å². The van der Waals surface area contributed by atoms with Gasteiger partial charge in [0, 0.05) is 0 Å². The summed E-state index contributed by atoms with van der Waals surface area (Å²) in [5.41, 5.74) is 0. The molecular formula is C14H24. The minimum Gasteiger partial charge on any atom is -0.0914 e. The predicted molar refractivity (Wildman–Crippen MR) is 64.3 cm³/mol. The molecular weight excluding hydrogens is 168 g/mol. The predicted octanol–water partition coefficient (Wildman–Crippen LogP) is 4.73. The maximum absolute atomic E-state index is 2.45. The summed E-state index contributed by atoms with van der Waals surface area (Å²) in [5, 5.41) is 0. The van der Waals surface area contributed by atoms with Crippen molar-refractivity contribution in [1.29, 1.82) is 0 Å². The van der Waals surface area contributed by atoms with Crippen LogP contribution in [0.4, 0.5) is 0 Å². The van der Waals surface area contributed by atoms with E-state index < -0.39 is 0 Å². The van der Waals surface area contributed by atoms with E-state index in [2.05, 4.69) is 38.2 Å². The van der Waals surface area contributed by atoms with E-state index in [1.807, 2.05) is 0 Å². The van der Waals surface area contributed by atoms with Gasteiger partial charge in [-0.1, -0.05) is 37.6 Å². The zero-order valence-corrected chi connectivity index (χ0v) is 9.71. The molecule has 0 aromatic carbocycles. The molecule has 1 aliphatic rings. The second kappa shape index (κ2) is 6.86. The van der Waals surface area contributed by atoms with E-state index in [-0.39, 0.29) is 0 Å². The van der Waals surface area contributed by atoms with Crippen LogP contribution in [-0.4, -0.2) is 0 Å². The summed E-state index contributed by atoms with van der Waals surface area (Å²) in [6, 6.07) is 0. The van der Waals surface area contributed by atoms with Crippen LogP contribution in [0.5, 0.6) is 0 Å². The van der Waals surface area contributed by atoms with E-state index in [0.717, 1.165) is 11.8 Å². The van der Waals surface area contributed by atoms with Crippen molar-refractivity contribution in [3.05, 3.63) is 24.3 Å². The van der Waals surface area contributed by atoms with E-state index in [0.29, 0.717) is 0 Å². The molecule has 0 heterocycles. The van der Waals surface area contributed by atoms with Gasteiger partial charge in [0.05, 0.1) is 0 Å². The summed E-state index contributed by atoms with van der Waals surface area (Å²) in [4.78, 5) is 0. The van der Waals surface area contributed by atoms with Gasteiger partial charge in [-0.2, -0.15) is 0 Å². The first kappa shape index (κ1) is 11.6. The minimum absolute atomic E-state index is 0.871. The second-order valence-electron chi connectivity index (χ2n) is 4.42. The fourth-order valence-electron chi connectivity index (χ4n) is 2.26. The average Bonchev–Trinajstić information content (AvgIpc) is 2.21. The molecule has 1 aliphatic carbocycles. The van der Waals surface area contributed by atoms with Crippen molar-refractivity contribution >= 4 is 0 Å². The fourth-order valence-corrected chi connectivity index (χ4v) is 2.26. The summed E-state index contributed by atoms with van der Waals surface area (Å²) in [6.07, 6.45) is 17.5. The van der Waals surface area contributed by atoms with Gasteiger partial charge in [0.1, 0.15) is 0 Å². The molecule has 0 atom stereocenters. The first-order chi connectivity index (χ1) is 6.86. The Labute approximate surface area is 89.1 Å². The lowest BCUT2D eigenvalue weighted by Crippen LogP contribution is -2.10. The van der Waals surface area contributed by atoms with E-state index in [1.165, 1.54) is 38.5 Å². The molecule has 80 valence electrons. The summed E-state index contributed by atoms with van der Waals surface area (Å²) in [6.45, 7) is 4.38. The third-order valence-corrected chi connectivity index (χ3v) is 3.14. The largest absolute Gasteiger partial charge is 0.0914 e. The van der Waals surface area contributed by atoms with Gasteiger partial charge >= 0.3 is 0 Å². The monoisotopic (exact) mass is 192 g/mol. The summed E-state index contributed by atoms with van der Waals surface area (Å²) < 4.78 is 0. The number of allylic oxidation sites excluding steroid dienone is 4. The topological polar surface area (TPSA) is 0 Å². The highest BCUT2D eigenvalue weighted by Gasteiger charge is 2.16. The van der Waals surface area contributed by atoms with E-state index in [9.17, 15) is 0 Å². The Morgan fingerprint density at radius 1 is 1.00 bits per heavy atom. The van der Waals surface area contributed by atoms with E-state index in [4.69, 9.17) is 0 Å². The zero-order valence-electron chi connectivity index (χ0n) is 9.71. The molecule has 0 spiro atoms. The van der Waals surface area contributed by atoms with Gasteiger partial charge in [0.25, 0.3) is 0 Å². The molecule has 1 saturated carbocycles. The molecule has 14 heavy (non-hydrogen) atoms. The highest BCUT2D eigenvalue weighted by atomic mass is 14.2. The van der Waals surface area contributed by atoms with Crippen molar-refractivity contribution < 1.29 is 0 Å². The quantitative estimate of drug-likeness (QED) is 0.565. The van der Waals surface area contributed by atoms with Crippen LogP contribution in [0.3, 0.4) is 0 Å². The van der Waals surface area contributed by atoms with Crippen molar-refractivity contribution in [3.63, 3.8) is 0 Å². The van der Waals surface area contributed by atoms with Crippen LogP contribution >= 0.6 is 0 Å². The van der Waals surface area contributed by atoms with Crippen LogP contribution in [-0.2, 0) is 0 Å². The van der Waals surface area contributed by atoms with Crippen LogP contribution in [0.1, 0.15) is 52.4 Å². The van der Waals surface area contributed by atoms with Crippen LogP contribution in [0, 0.1) is 11.8 Å². The van der Waals surface area contributed by atoms with Crippen LogP contribution < -0.4 is 0 Å². The van der Waals surface area contributed by atoms with E-state index in [1.54, 1.807) is 0 Å². The molecule has 0 aromatic heterocycles. The number of rotatable bonds is 4. The number of unbranched alkanes of at least 4 members (excludes halogenated alkanes) is 1.